The van der Waals surface area contributed by atoms with E-state index >= 15 is 0 Å². The van der Waals surface area contributed by atoms with Crippen molar-refractivity contribution in [1.82, 2.24) is 10.3 Å². The lowest BCUT2D eigenvalue weighted by atomic mass is 9.96. The topological polar surface area (TPSA) is 117 Å². The van der Waals surface area contributed by atoms with Gasteiger partial charge in [-0.2, -0.15) is 0 Å². The monoisotopic (exact) mass is 435 g/mol. The van der Waals surface area contributed by atoms with E-state index in [1.165, 1.54) is 6.92 Å². The number of Topliss-reactive ketones (excluding diaryl/α,β-unsaturated/α-hetero) is 1. The summed E-state index contributed by atoms with van der Waals surface area (Å²) in [6, 6.07) is 9.36. The number of rotatable bonds is 7. The second kappa shape index (κ2) is 8.98. The third-order valence-corrected chi connectivity index (χ3v) is 6.40. The zero-order valence-corrected chi connectivity index (χ0v) is 18.4. The molecule has 0 aliphatic carbocycles. The fourth-order valence-corrected chi connectivity index (χ4v) is 4.92. The number of fused-ring (bicyclic) bond motifs is 2. The number of nitrogens with one attached hydrogen (secondary N) is 2. The molecule has 4 rings (SSSR count). The highest BCUT2D eigenvalue weighted by Gasteiger charge is 2.41. The van der Waals surface area contributed by atoms with Gasteiger partial charge in [0.25, 0.3) is 11.8 Å². The van der Waals surface area contributed by atoms with E-state index in [2.05, 4.69) is 20.5 Å². The largest absolute Gasteiger partial charge is 0.385 e. The Morgan fingerprint density at radius 3 is 2.34 bits per heavy atom. The number of primary amides is 1. The van der Waals surface area contributed by atoms with E-state index in [0.717, 1.165) is 31.5 Å². The number of amides is 2. The number of anilines is 2. The number of hydrogen-bond acceptors (Lipinski definition) is 6. The normalized spacial score (nSPS) is 21.8. The summed E-state index contributed by atoms with van der Waals surface area (Å²) in [4.78, 5) is 42.9. The van der Waals surface area contributed by atoms with Crippen LogP contribution in [0.5, 0.6) is 0 Å². The van der Waals surface area contributed by atoms with Gasteiger partial charge >= 0.3 is 0 Å². The van der Waals surface area contributed by atoms with Crippen LogP contribution in [0, 0.1) is 0 Å². The van der Waals surface area contributed by atoms with Crippen LogP contribution < -0.4 is 21.3 Å². The maximum atomic E-state index is 12.9. The van der Waals surface area contributed by atoms with Crippen molar-refractivity contribution in [2.45, 2.75) is 57.7 Å². The van der Waals surface area contributed by atoms with Crippen LogP contribution in [-0.4, -0.2) is 47.3 Å². The highest BCUT2D eigenvalue weighted by atomic mass is 16.2. The lowest BCUT2D eigenvalue weighted by Gasteiger charge is -2.40. The molecule has 168 valence electrons. The number of carbonyl (C=O) groups excluding carboxylic acids is 3. The van der Waals surface area contributed by atoms with Gasteiger partial charge in [0.05, 0.1) is 5.56 Å². The highest BCUT2D eigenvalue weighted by Crippen LogP contribution is 2.38. The van der Waals surface area contributed by atoms with E-state index in [-0.39, 0.29) is 17.7 Å². The van der Waals surface area contributed by atoms with E-state index in [1.807, 2.05) is 19.1 Å². The van der Waals surface area contributed by atoms with E-state index in [0.29, 0.717) is 41.0 Å². The molecule has 2 fully saturated rings. The second-order valence-electron chi connectivity index (χ2n) is 8.55. The predicted molar refractivity (Wildman–Crippen MR) is 123 cm³/mol. The van der Waals surface area contributed by atoms with Crippen molar-refractivity contribution in [2.75, 3.05) is 16.8 Å². The molecule has 2 amide bonds. The fourth-order valence-electron chi connectivity index (χ4n) is 4.92. The molecular weight excluding hydrogens is 406 g/mol. The molecular formula is C24H29N5O3. The second-order valence-corrected chi connectivity index (χ2v) is 8.55. The van der Waals surface area contributed by atoms with Gasteiger partial charge in [-0.25, -0.2) is 4.98 Å². The summed E-state index contributed by atoms with van der Waals surface area (Å²) in [5, 5.41) is 6.28. The summed E-state index contributed by atoms with van der Waals surface area (Å²) in [5.41, 5.74) is 7.50. The molecule has 2 bridgehead atoms. The summed E-state index contributed by atoms with van der Waals surface area (Å²) in [7, 11) is 0. The molecule has 0 spiro atoms. The van der Waals surface area contributed by atoms with Gasteiger partial charge in [0.1, 0.15) is 5.82 Å². The van der Waals surface area contributed by atoms with Gasteiger partial charge in [-0.3, -0.25) is 14.4 Å². The Kier molecular flexibility index (Phi) is 6.12. The summed E-state index contributed by atoms with van der Waals surface area (Å²) in [5.74, 6) is 0.225. The lowest BCUT2D eigenvalue weighted by Crippen LogP contribution is -2.50. The van der Waals surface area contributed by atoms with Crippen LogP contribution in [0.25, 0.3) is 0 Å². The fraction of sp³-hybridized carbons (Fsp3) is 0.417. The molecule has 2 aliphatic rings. The third-order valence-electron chi connectivity index (χ3n) is 6.40. The molecule has 2 saturated heterocycles. The smallest absolute Gasteiger partial charge is 0.251 e. The van der Waals surface area contributed by atoms with Gasteiger partial charge in [0.2, 0.25) is 0 Å². The highest BCUT2D eigenvalue weighted by molar-refractivity contribution is 6.02. The Morgan fingerprint density at radius 1 is 1.09 bits per heavy atom. The van der Waals surface area contributed by atoms with Crippen molar-refractivity contribution in [2.24, 2.45) is 5.73 Å². The Morgan fingerprint density at radius 2 is 1.78 bits per heavy atom. The molecule has 1 aromatic heterocycles. The minimum atomic E-state index is -0.526. The first-order valence-electron chi connectivity index (χ1n) is 11.1. The van der Waals surface area contributed by atoms with Crippen LogP contribution in [0.3, 0.4) is 0 Å². The lowest BCUT2D eigenvalue weighted by molar-refractivity contribution is 0.0924. The van der Waals surface area contributed by atoms with Gasteiger partial charge < -0.3 is 21.3 Å². The first-order chi connectivity index (χ1) is 15.4. The van der Waals surface area contributed by atoms with Crippen LogP contribution in [0.15, 0.2) is 36.5 Å². The number of nitrogens with two attached hydrogens (primary N) is 1. The molecule has 0 saturated carbocycles. The van der Waals surface area contributed by atoms with Gasteiger partial charge in [-0.15, -0.1) is 0 Å². The summed E-state index contributed by atoms with van der Waals surface area (Å²) in [6.07, 6.45) is 5.45. The Hall–Kier alpha value is -3.42. The van der Waals surface area contributed by atoms with Gasteiger partial charge in [0, 0.05) is 47.7 Å². The molecule has 2 aliphatic heterocycles. The molecule has 0 radical (unpaired) electrons. The average Bonchev–Trinajstić information content (AvgIpc) is 3.04. The van der Waals surface area contributed by atoms with E-state index < -0.39 is 5.91 Å². The van der Waals surface area contributed by atoms with E-state index in [1.54, 1.807) is 24.4 Å². The molecule has 8 nitrogen and oxygen atoms in total. The van der Waals surface area contributed by atoms with Crippen LogP contribution >= 0.6 is 0 Å². The third kappa shape index (κ3) is 4.30. The van der Waals surface area contributed by atoms with Crippen molar-refractivity contribution in [1.29, 1.82) is 0 Å². The number of benzene rings is 1. The molecule has 2 aromatic rings. The van der Waals surface area contributed by atoms with Crippen molar-refractivity contribution in [3.05, 3.63) is 53.2 Å². The summed E-state index contributed by atoms with van der Waals surface area (Å²) in [6.45, 7) is 4.08. The number of pyridine rings is 1. The van der Waals surface area contributed by atoms with E-state index in [9.17, 15) is 14.4 Å². The zero-order chi connectivity index (χ0) is 22.8. The molecule has 32 heavy (non-hydrogen) atoms. The molecule has 4 N–H and O–H groups in total. The minimum Gasteiger partial charge on any atom is -0.385 e. The number of nitrogens with zero attached hydrogens (tertiary/aromatic N) is 2. The van der Waals surface area contributed by atoms with Crippen molar-refractivity contribution < 1.29 is 14.4 Å². The van der Waals surface area contributed by atoms with Gasteiger partial charge in [-0.1, -0.05) is 0 Å². The van der Waals surface area contributed by atoms with Crippen LogP contribution in [0.1, 0.15) is 70.6 Å². The first kappa shape index (κ1) is 21.8. The minimum absolute atomic E-state index is 0.00889. The number of piperidine rings is 1. The summed E-state index contributed by atoms with van der Waals surface area (Å²) < 4.78 is 0. The van der Waals surface area contributed by atoms with Gasteiger partial charge in [0.15, 0.2) is 5.78 Å². The van der Waals surface area contributed by atoms with Crippen molar-refractivity contribution in [3.8, 4) is 0 Å². The van der Waals surface area contributed by atoms with Crippen LogP contribution in [0.2, 0.25) is 0 Å². The average molecular weight is 436 g/mol. The first-order valence-corrected chi connectivity index (χ1v) is 11.1. The van der Waals surface area contributed by atoms with Crippen LogP contribution in [-0.2, 0) is 0 Å². The number of aromatic nitrogens is 1. The molecule has 8 heteroatoms. The Balaban J connectivity index is 1.44. The maximum Gasteiger partial charge on any atom is 0.251 e. The van der Waals surface area contributed by atoms with Crippen molar-refractivity contribution >= 4 is 29.1 Å². The number of hydrogen-bond donors (Lipinski definition) is 3. The number of ketones is 1. The standard InChI is InChI=1S/C24H29N5O3/c1-3-26-21-10-15(4-8-20(21)23(25)31)24(32)28-17-11-18-6-7-19(12-17)29(18)22-9-5-16(13-27-22)14(2)30/h4-5,8-10,13,17-19,26H,3,6-7,11-12H2,1-2H3,(H2,25,31)(H,28,32)/t17-,18+,19-. The van der Waals surface area contributed by atoms with Crippen molar-refractivity contribution in [3.63, 3.8) is 0 Å². The molecule has 3 heterocycles. The number of carbonyl (C=O) groups is 3. The predicted octanol–water partition coefficient (Wildman–Crippen LogP) is 2.74. The Labute approximate surface area is 187 Å². The quantitative estimate of drug-likeness (QED) is 0.576. The SMILES string of the molecule is CCNc1cc(C(=O)N[C@H]2C[C@H]3CC[C@@H](C2)N3c2ccc(C(C)=O)cn2)ccc1C(N)=O. The maximum absolute atomic E-state index is 12.9. The summed E-state index contributed by atoms with van der Waals surface area (Å²) >= 11 is 0. The van der Waals surface area contributed by atoms with Gasteiger partial charge in [-0.05, 0) is 69.9 Å². The van der Waals surface area contributed by atoms with E-state index in [4.69, 9.17) is 5.73 Å². The molecule has 3 atom stereocenters. The Bertz CT molecular complexity index is 1020. The molecule has 0 unspecified atom stereocenters. The molecule has 1 aromatic carbocycles. The zero-order valence-electron chi connectivity index (χ0n) is 18.4. The van der Waals surface area contributed by atoms with Crippen LogP contribution in [0.4, 0.5) is 11.5 Å².